The number of hydrogen-bond donors (Lipinski definition) is 1. The fourth-order valence-electron chi connectivity index (χ4n) is 0.830. The zero-order chi connectivity index (χ0) is 14.6. The molecule has 0 aromatic carbocycles. The fraction of sp³-hybridized carbons (Fsp3) is 0.667. The quantitative estimate of drug-likeness (QED) is 0.410. The van der Waals surface area contributed by atoms with Gasteiger partial charge < -0.3 is 9.47 Å². The molecular weight excluding hydrogens is 236 g/mol. The molecule has 6 heteroatoms. The number of nitrogens with zero attached hydrogens (tertiary/aromatic N) is 1. The third-order valence-corrected chi connectivity index (χ3v) is 1.31. The first kappa shape index (κ1) is 16.1. The molecule has 0 saturated heterocycles. The van der Waals surface area contributed by atoms with Crippen molar-refractivity contribution in [2.45, 2.75) is 52.7 Å². The van der Waals surface area contributed by atoms with Crippen LogP contribution in [-0.2, 0) is 9.47 Å². The van der Waals surface area contributed by atoms with E-state index in [1.807, 2.05) is 6.04 Å². The van der Waals surface area contributed by atoms with Gasteiger partial charge in [-0.1, -0.05) is 6.42 Å². The van der Waals surface area contributed by atoms with Crippen molar-refractivity contribution < 1.29 is 19.1 Å². The summed E-state index contributed by atoms with van der Waals surface area (Å²) < 4.78 is 9.95. The molecule has 0 fully saturated rings. The smallest absolute Gasteiger partial charge is 0.441 e. The summed E-state index contributed by atoms with van der Waals surface area (Å²) in [5, 5.41) is 0.597. The maximum atomic E-state index is 11.6. The van der Waals surface area contributed by atoms with Crippen molar-refractivity contribution in [3.8, 4) is 12.5 Å². The van der Waals surface area contributed by atoms with Crippen molar-refractivity contribution in [1.82, 2.24) is 10.4 Å². The van der Waals surface area contributed by atoms with Gasteiger partial charge in [0.15, 0.2) is 0 Å². The summed E-state index contributed by atoms with van der Waals surface area (Å²) in [7, 11) is 0. The maximum Gasteiger partial charge on any atom is 0.441 e. The summed E-state index contributed by atoms with van der Waals surface area (Å²) in [6, 6.07) is 1.99. The zero-order valence-corrected chi connectivity index (χ0v) is 11.7. The normalized spacial score (nSPS) is 11.2. The molecule has 0 aromatic rings. The second-order valence-corrected chi connectivity index (χ2v) is 5.56. The third-order valence-electron chi connectivity index (χ3n) is 1.31. The Kier molecular flexibility index (Phi) is 5.03. The summed E-state index contributed by atoms with van der Waals surface area (Å²) >= 11 is 0. The monoisotopic (exact) mass is 256 g/mol. The third kappa shape index (κ3) is 7.39. The van der Waals surface area contributed by atoms with E-state index in [2.05, 4.69) is 5.43 Å². The van der Waals surface area contributed by atoms with Gasteiger partial charge in [0, 0.05) is 6.04 Å². The van der Waals surface area contributed by atoms with E-state index in [0.717, 1.165) is 0 Å². The minimum atomic E-state index is -0.851. The Hall–Kier alpha value is -1.90. The lowest BCUT2D eigenvalue weighted by Crippen LogP contribution is -2.47. The molecule has 0 aliphatic carbocycles. The molecule has 18 heavy (non-hydrogen) atoms. The molecule has 0 atom stereocenters. The Morgan fingerprint density at radius 2 is 1.50 bits per heavy atom. The van der Waals surface area contributed by atoms with Gasteiger partial charge in [-0.2, -0.15) is 0 Å². The Bertz CT molecular complexity index is 358. The highest BCUT2D eigenvalue weighted by Gasteiger charge is 2.24. The highest BCUT2D eigenvalue weighted by Crippen LogP contribution is 2.10. The molecule has 0 aromatic heterocycles. The van der Waals surface area contributed by atoms with Gasteiger partial charge in [-0.05, 0) is 41.5 Å². The van der Waals surface area contributed by atoms with E-state index in [1.54, 1.807) is 41.5 Å². The van der Waals surface area contributed by atoms with Crippen LogP contribution in [0.4, 0.5) is 9.59 Å². The Labute approximate surface area is 108 Å². The highest BCUT2D eigenvalue weighted by atomic mass is 16.6. The summed E-state index contributed by atoms with van der Waals surface area (Å²) in [6.07, 6.45) is 3.43. The largest absolute Gasteiger partial charge is 0.443 e. The van der Waals surface area contributed by atoms with Gasteiger partial charge in [0.25, 0.3) is 0 Å². The van der Waals surface area contributed by atoms with Crippen molar-refractivity contribution in [3.63, 3.8) is 0 Å². The number of carbonyl (C=O) groups is 2. The molecule has 0 spiro atoms. The van der Waals surface area contributed by atoms with Crippen LogP contribution in [0.25, 0.3) is 0 Å². The molecule has 0 aliphatic heterocycles. The lowest BCUT2D eigenvalue weighted by molar-refractivity contribution is 0.0143. The molecule has 0 radical (unpaired) electrons. The number of hydrazine groups is 1. The number of hydrogen-bond acceptors (Lipinski definition) is 4. The zero-order valence-electron chi connectivity index (χ0n) is 11.7. The van der Waals surface area contributed by atoms with Crippen LogP contribution in [0, 0.1) is 12.5 Å². The molecule has 0 bridgehead atoms. The van der Waals surface area contributed by atoms with Crippen LogP contribution in [-0.4, -0.2) is 28.4 Å². The van der Waals surface area contributed by atoms with Gasteiger partial charge in [0.2, 0.25) is 0 Å². The second-order valence-electron chi connectivity index (χ2n) is 5.56. The van der Waals surface area contributed by atoms with Crippen LogP contribution in [0.2, 0.25) is 0 Å². The molecule has 6 nitrogen and oxygen atoms in total. The first-order valence-electron chi connectivity index (χ1n) is 5.43. The van der Waals surface area contributed by atoms with Gasteiger partial charge >= 0.3 is 12.2 Å². The highest BCUT2D eigenvalue weighted by molar-refractivity contribution is 5.75. The molecular formula is C12H20N2O4. The first-order chi connectivity index (χ1) is 7.94. The molecule has 0 unspecified atom stereocenters. The molecule has 102 valence electrons. The molecule has 0 aliphatic rings. The van der Waals surface area contributed by atoms with Gasteiger partial charge in [-0.15, -0.1) is 5.01 Å². The predicted molar refractivity (Wildman–Crippen MR) is 66.3 cm³/mol. The van der Waals surface area contributed by atoms with Gasteiger partial charge in [-0.3, -0.25) is 0 Å². The average Bonchev–Trinajstić information content (AvgIpc) is 2.07. The summed E-state index contributed by atoms with van der Waals surface area (Å²) in [4.78, 5) is 23.0. The summed E-state index contributed by atoms with van der Waals surface area (Å²) in [6.45, 7) is 10.1. The first-order valence-corrected chi connectivity index (χ1v) is 5.43. The lowest BCUT2D eigenvalue weighted by Gasteiger charge is -2.25. The van der Waals surface area contributed by atoms with Crippen LogP contribution in [0.15, 0.2) is 0 Å². The predicted octanol–water partition coefficient (Wildman–Crippen LogP) is 2.25. The van der Waals surface area contributed by atoms with Crippen molar-refractivity contribution in [2.75, 3.05) is 0 Å². The van der Waals surface area contributed by atoms with E-state index in [9.17, 15) is 9.59 Å². The minimum absolute atomic E-state index is 0.597. The van der Waals surface area contributed by atoms with E-state index < -0.39 is 23.4 Å². The fourth-order valence-corrected chi connectivity index (χ4v) is 0.830. The Morgan fingerprint density at radius 3 is 1.83 bits per heavy atom. The van der Waals surface area contributed by atoms with E-state index in [0.29, 0.717) is 5.01 Å². The van der Waals surface area contributed by atoms with Crippen molar-refractivity contribution in [2.24, 2.45) is 0 Å². The number of carbonyl (C=O) groups excluding carboxylic acids is 2. The SMILES string of the molecule is C#CN(NC(=O)OC(C)(C)C)C(=O)OC(C)(C)C. The number of terminal acetylenes is 1. The van der Waals surface area contributed by atoms with E-state index in [4.69, 9.17) is 15.9 Å². The standard InChI is InChI=1S/C12H20N2O4/c1-8-14(10(16)18-12(5,6)7)13-9(15)17-11(2,3)4/h1H,2-7H3,(H,13,15). The van der Waals surface area contributed by atoms with Crippen molar-refractivity contribution in [3.05, 3.63) is 0 Å². The van der Waals surface area contributed by atoms with Crippen LogP contribution in [0.5, 0.6) is 0 Å². The van der Waals surface area contributed by atoms with Crippen LogP contribution in [0.3, 0.4) is 0 Å². The Balaban J connectivity index is 4.50. The average molecular weight is 256 g/mol. The minimum Gasteiger partial charge on any atom is -0.443 e. The van der Waals surface area contributed by atoms with Crippen molar-refractivity contribution in [1.29, 1.82) is 0 Å². The lowest BCUT2D eigenvalue weighted by atomic mass is 10.2. The van der Waals surface area contributed by atoms with Crippen LogP contribution in [0.1, 0.15) is 41.5 Å². The van der Waals surface area contributed by atoms with Gasteiger partial charge in [0.1, 0.15) is 11.2 Å². The van der Waals surface area contributed by atoms with E-state index >= 15 is 0 Å². The molecule has 2 amide bonds. The number of ether oxygens (including phenoxy) is 2. The van der Waals surface area contributed by atoms with Crippen LogP contribution >= 0.6 is 0 Å². The number of amides is 2. The van der Waals surface area contributed by atoms with Crippen LogP contribution < -0.4 is 5.43 Å². The number of nitrogens with one attached hydrogen (secondary N) is 1. The molecule has 0 rings (SSSR count). The van der Waals surface area contributed by atoms with E-state index in [1.165, 1.54) is 0 Å². The topological polar surface area (TPSA) is 67.9 Å². The van der Waals surface area contributed by atoms with E-state index in [-0.39, 0.29) is 0 Å². The molecule has 1 N–H and O–H groups in total. The summed E-state index contributed by atoms with van der Waals surface area (Å²) in [5.74, 6) is 0. The van der Waals surface area contributed by atoms with Gasteiger partial charge in [0.05, 0.1) is 0 Å². The van der Waals surface area contributed by atoms with Gasteiger partial charge in [-0.25, -0.2) is 15.0 Å². The second kappa shape index (κ2) is 5.63. The molecule has 0 saturated carbocycles. The van der Waals surface area contributed by atoms with Crippen molar-refractivity contribution >= 4 is 12.2 Å². The molecule has 0 heterocycles. The Morgan fingerprint density at radius 1 is 1.06 bits per heavy atom. The number of rotatable bonds is 0. The summed E-state index contributed by atoms with van der Waals surface area (Å²) in [5.41, 5.74) is 0.718. The maximum absolute atomic E-state index is 11.6.